The largest absolute Gasteiger partial charge is 0.381 e. The van der Waals surface area contributed by atoms with Crippen molar-refractivity contribution in [2.24, 2.45) is 9.98 Å². The fourth-order valence-corrected chi connectivity index (χ4v) is 0.893. The van der Waals surface area contributed by atoms with Gasteiger partial charge in [0, 0.05) is 12.4 Å². The molecule has 0 spiro atoms. The number of ketones is 1. The Balaban J connectivity index is -0.0000000561. The first kappa shape index (κ1) is 42.0. The Bertz CT molecular complexity index is 340. The van der Waals surface area contributed by atoms with E-state index in [1.165, 1.54) is 13.8 Å². The Kier molecular flexibility index (Phi) is 49.6. The van der Waals surface area contributed by atoms with Gasteiger partial charge in [-0.1, -0.05) is 28.7 Å². The highest BCUT2D eigenvalue weighted by atomic mass is 16.5. The minimum Gasteiger partial charge on any atom is -0.381 e. The second kappa shape index (κ2) is 34.3. The smallest absolute Gasteiger partial charge is 0.138 e. The number of nitrogens with zero attached hydrogens (tertiary/aromatic N) is 2. The first-order chi connectivity index (χ1) is 12.7. The quantitative estimate of drug-likeness (QED) is 0.500. The molecule has 29 heavy (non-hydrogen) atoms. The van der Waals surface area contributed by atoms with Crippen LogP contribution in [0.1, 0.15) is 63.3 Å². The van der Waals surface area contributed by atoms with E-state index in [-0.39, 0.29) is 45.8 Å². The highest BCUT2D eigenvalue weighted by Gasteiger charge is 2.18. The molecule has 0 aromatic rings. The van der Waals surface area contributed by atoms with Gasteiger partial charge in [0.1, 0.15) is 19.2 Å². The molecule has 0 aromatic carbocycles. The van der Waals surface area contributed by atoms with Gasteiger partial charge in [0.05, 0.1) is 25.2 Å². The molecule has 0 amide bonds. The van der Waals surface area contributed by atoms with Gasteiger partial charge in [0.25, 0.3) is 0 Å². The molecule has 0 radical (unpaired) electrons. The molecule has 180 valence electrons. The molecule has 2 heterocycles. The van der Waals surface area contributed by atoms with Crippen LogP contribution in [0.15, 0.2) is 9.98 Å². The van der Waals surface area contributed by atoms with Gasteiger partial charge in [0.15, 0.2) is 0 Å². The van der Waals surface area contributed by atoms with Crippen LogP contribution < -0.4 is 10.6 Å². The van der Waals surface area contributed by atoms with Gasteiger partial charge in [-0.05, 0) is 48.7 Å². The van der Waals surface area contributed by atoms with Gasteiger partial charge < -0.3 is 24.5 Å². The average Bonchev–Trinajstić information content (AvgIpc) is 3.27. The molecule has 0 saturated heterocycles. The number of aliphatic hydroxyl groups excluding tert-OH is 2. The third-order valence-corrected chi connectivity index (χ3v) is 1.96. The number of hydrogen-bond acceptors (Lipinski definition) is 9. The summed E-state index contributed by atoms with van der Waals surface area (Å²) in [6.45, 7) is 14.2. The molecule has 2 rings (SSSR count). The zero-order valence-electron chi connectivity index (χ0n) is 18.6. The van der Waals surface area contributed by atoms with E-state index in [0.29, 0.717) is 13.5 Å². The van der Waals surface area contributed by atoms with Gasteiger partial charge >= 0.3 is 0 Å². The van der Waals surface area contributed by atoms with Crippen molar-refractivity contribution in [3.63, 3.8) is 0 Å². The highest BCUT2D eigenvalue weighted by Crippen LogP contribution is 2.09. The maximum absolute atomic E-state index is 9.44. The van der Waals surface area contributed by atoms with Crippen molar-refractivity contribution in [3.8, 4) is 0 Å². The number of carbonyl (C=O) groups is 1. The van der Waals surface area contributed by atoms with Crippen molar-refractivity contribution >= 4 is 18.2 Å². The fourth-order valence-electron chi connectivity index (χ4n) is 0.893. The molecule has 9 heteroatoms. The molecule has 0 bridgehead atoms. The summed E-state index contributed by atoms with van der Waals surface area (Å²) >= 11 is 0. The molecular weight excluding hydrogens is 376 g/mol. The minimum absolute atomic E-state index is 0. The molecule has 9 nitrogen and oxygen atoms in total. The van der Waals surface area contributed by atoms with E-state index in [4.69, 9.17) is 19.7 Å². The predicted molar refractivity (Wildman–Crippen MR) is 126 cm³/mol. The lowest BCUT2D eigenvalue weighted by Gasteiger charge is -2.10. The Morgan fingerprint density at radius 1 is 1.07 bits per heavy atom. The normalized spacial score (nSPS) is 16.0. The highest BCUT2D eigenvalue weighted by molar-refractivity contribution is 5.72. The maximum atomic E-state index is 9.44. The van der Waals surface area contributed by atoms with Crippen LogP contribution in [0.5, 0.6) is 0 Å². The van der Waals surface area contributed by atoms with Gasteiger partial charge in [-0.3, -0.25) is 20.6 Å². The van der Waals surface area contributed by atoms with Crippen LogP contribution in [0.4, 0.5) is 0 Å². The van der Waals surface area contributed by atoms with Crippen molar-refractivity contribution in [1.29, 1.82) is 0 Å². The molecule has 0 saturated carbocycles. The van der Waals surface area contributed by atoms with E-state index in [1.54, 1.807) is 20.3 Å². The minimum atomic E-state index is -0.0972. The Labute approximate surface area is 180 Å². The van der Waals surface area contributed by atoms with Crippen LogP contribution in [-0.4, -0.2) is 81.1 Å². The number of hydrogen-bond donors (Lipinski definition) is 4. The van der Waals surface area contributed by atoms with E-state index in [0.717, 1.165) is 0 Å². The van der Waals surface area contributed by atoms with E-state index < -0.39 is 0 Å². The summed E-state index contributed by atoms with van der Waals surface area (Å²) in [4.78, 5) is 17.2. The van der Waals surface area contributed by atoms with Gasteiger partial charge in [0.2, 0.25) is 0 Å². The standard InChI is InChI=1S/C5H9NO.C4H7NO.C3H6O.2C2H7NO.C2H6.2CH4/c1-5(2)3-6-4-7-5;1-4-2-5-3-6-4;1-3(2)4;2*1-3-2-4;1-2;;/h3H,4H2,1-2H3;2,4H,3H2,1H3;1-2H3;2*3-4H,2H2,1H3;1-2H3;2*1H4. The van der Waals surface area contributed by atoms with Crippen LogP contribution in [-0.2, 0) is 14.3 Å². The summed E-state index contributed by atoms with van der Waals surface area (Å²) in [5.74, 6) is 0.167. The number of carbonyl (C=O) groups excluding carboxylic acids is 1. The molecular formula is C20H50N4O5. The molecule has 0 fully saturated rings. The SMILES string of the molecule is C.C.CC.CC(C)=O.CC1(C)C=NCO1.CC1C=NCO1.CNCO.CNCO. The van der Waals surface area contributed by atoms with Gasteiger partial charge in [-0.15, -0.1) is 0 Å². The van der Waals surface area contributed by atoms with Crippen molar-refractivity contribution in [2.45, 2.75) is 75.0 Å². The van der Waals surface area contributed by atoms with E-state index in [2.05, 4.69) is 20.6 Å². The number of nitrogens with one attached hydrogen (secondary N) is 2. The van der Waals surface area contributed by atoms with Crippen LogP contribution in [0.3, 0.4) is 0 Å². The Hall–Kier alpha value is -1.23. The summed E-state index contributed by atoms with van der Waals surface area (Å²) in [7, 11) is 3.36. The molecule has 0 aliphatic carbocycles. The summed E-state index contributed by atoms with van der Waals surface area (Å²) in [6.07, 6.45) is 3.89. The van der Waals surface area contributed by atoms with Crippen molar-refractivity contribution in [3.05, 3.63) is 0 Å². The summed E-state index contributed by atoms with van der Waals surface area (Å²) in [6, 6.07) is 0. The number of rotatable bonds is 2. The Morgan fingerprint density at radius 2 is 1.45 bits per heavy atom. The fraction of sp³-hybridized carbons (Fsp3) is 0.850. The molecule has 2 aliphatic heterocycles. The topological polar surface area (TPSA) is 125 Å². The number of aliphatic imine (C=N–C) groups is 2. The average molecular weight is 427 g/mol. The molecule has 1 atom stereocenters. The Morgan fingerprint density at radius 3 is 1.52 bits per heavy atom. The monoisotopic (exact) mass is 426 g/mol. The van der Waals surface area contributed by atoms with E-state index in [9.17, 15) is 4.79 Å². The third-order valence-electron chi connectivity index (χ3n) is 1.96. The second-order valence-electron chi connectivity index (χ2n) is 5.45. The van der Waals surface area contributed by atoms with E-state index >= 15 is 0 Å². The summed E-state index contributed by atoms with van der Waals surface area (Å²) < 4.78 is 10.0. The lowest BCUT2D eigenvalue weighted by Crippen LogP contribution is -2.20. The zero-order valence-corrected chi connectivity index (χ0v) is 18.6. The molecule has 2 aliphatic rings. The van der Waals surface area contributed by atoms with Gasteiger partial charge in [-0.2, -0.15) is 0 Å². The number of aliphatic hydroxyl groups is 2. The van der Waals surface area contributed by atoms with Crippen molar-refractivity contribution in [2.75, 3.05) is 41.0 Å². The van der Waals surface area contributed by atoms with Crippen molar-refractivity contribution in [1.82, 2.24) is 10.6 Å². The van der Waals surface area contributed by atoms with Crippen LogP contribution in [0, 0.1) is 0 Å². The summed E-state index contributed by atoms with van der Waals surface area (Å²) in [5, 5.41) is 20.5. The summed E-state index contributed by atoms with van der Waals surface area (Å²) in [5.41, 5.74) is -0.0972. The third kappa shape index (κ3) is 58.4. The van der Waals surface area contributed by atoms with Crippen molar-refractivity contribution < 1.29 is 24.5 Å². The first-order valence-electron chi connectivity index (χ1n) is 8.91. The predicted octanol–water partition coefficient (Wildman–Crippen LogP) is 2.46. The zero-order chi connectivity index (χ0) is 22.1. The lowest BCUT2D eigenvalue weighted by molar-refractivity contribution is -0.115. The first-order valence-corrected chi connectivity index (χ1v) is 8.91. The van der Waals surface area contributed by atoms with Gasteiger partial charge in [-0.25, -0.2) is 0 Å². The second-order valence-corrected chi connectivity index (χ2v) is 5.45. The van der Waals surface area contributed by atoms with Crippen LogP contribution in [0.25, 0.3) is 0 Å². The molecule has 4 N–H and O–H groups in total. The van der Waals surface area contributed by atoms with E-state index in [1.807, 2.05) is 40.8 Å². The number of Topliss-reactive ketones (excluding diaryl/α,β-unsaturated/α-hetero) is 1. The lowest BCUT2D eigenvalue weighted by atomic mass is 10.2. The molecule has 1 unspecified atom stereocenters. The number of ether oxygens (including phenoxy) is 2. The maximum Gasteiger partial charge on any atom is 0.138 e. The van der Waals surface area contributed by atoms with Crippen LogP contribution in [0.2, 0.25) is 0 Å². The molecule has 0 aromatic heterocycles. The van der Waals surface area contributed by atoms with Crippen LogP contribution >= 0.6 is 0 Å².